The molecule has 0 unspecified atom stereocenters. The van der Waals surface area contributed by atoms with Crippen LogP contribution >= 0.6 is 0 Å². The minimum Gasteiger partial charge on any atom is -0.379 e. The van der Waals surface area contributed by atoms with Crippen LogP contribution in [-0.4, -0.2) is 47.9 Å². The standard InChI is InChI=1S/C10H17N3O/c1-9-8-10(12-11-9)2-3-13-4-6-14-7-5-13/h8H,2-7H2,1H3,(H,11,12). The monoisotopic (exact) mass is 195 g/mol. The van der Waals surface area contributed by atoms with Gasteiger partial charge in [-0.25, -0.2) is 0 Å². The number of hydrogen-bond acceptors (Lipinski definition) is 3. The molecule has 0 aromatic carbocycles. The lowest BCUT2D eigenvalue weighted by Gasteiger charge is -2.26. The second kappa shape index (κ2) is 4.57. The Bertz CT molecular complexity index is 279. The van der Waals surface area contributed by atoms with E-state index in [0.717, 1.165) is 50.7 Å². The van der Waals surface area contributed by atoms with E-state index in [1.165, 1.54) is 0 Å². The van der Waals surface area contributed by atoms with E-state index in [9.17, 15) is 0 Å². The van der Waals surface area contributed by atoms with Gasteiger partial charge in [0.2, 0.25) is 0 Å². The SMILES string of the molecule is Cc1cc(CCN2CCOCC2)n[nH]1. The van der Waals surface area contributed by atoms with E-state index in [4.69, 9.17) is 4.74 Å². The normalized spacial score (nSPS) is 18.6. The fourth-order valence-corrected chi connectivity index (χ4v) is 1.70. The number of morpholine rings is 1. The molecule has 0 spiro atoms. The Kier molecular flexibility index (Phi) is 3.16. The number of aromatic amines is 1. The molecular formula is C10H17N3O. The van der Waals surface area contributed by atoms with Crippen LogP contribution < -0.4 is 0 Å². The molecule has 2 rings (SSSR count). The van der Waals surface area contributed by atoms with E-state index in [1.807, 2.05) is 6.92 Å². The van der Waals surface area contributed by atoms with Crippen molar-refractivity contribution >= 4 is 0 Å². The maximum atomic E-state index is 5.29. The summed E-state index contributed by atoms with van der Waals surface area (Å²) in [6.07, 6.45) is 1.03. The lowest BCUT2D eigenvalue weighted by atomic mass is 10.2. The third-order valence-corrected chi connectivity index (χ3v) is 2.55. The zero-order chi connectivity index (χ0) is 9.80. The van der Waals surface area contributed by atoms with Crippen molar-refractivity contribution in [3.8, 4) is 0 Å². The van der Waals surface area contributed by atoms with Crippen molar-refractivity contribution in [3.63, 3.8) is 0 Å². The summed E-state index contributed by atoms with van der Waals surface area (Å²) in [5.74, 6) is 0. The van der Waals surface area contributed by atoms with Gasteiger partial charge in [-0.15, -0.1) is 0 Å². The van der Waals surface area contributed by atoms with Crippen LogP contribution in [0, 0.1) is 6.92 Å². The third-order valence-electron chi connectivity index (χ3n) is 2.55. The summed E-state index contributed by atoms with van der Waals surface area (Å²) in [6, 6.07) is 2.11. The number of hydrogen-bond donors (Lipinski definition) is 1. The topological polar surface area (TPSA) is 41.1 Å². The maximum Gasteiger partial charge on any atom is 0.0637 e. The van der Waals surface area contributed by atoms with E-state index >= 15 is 0 Å². The molecule has 1 fully saturated rings. The molecule has 1 saturated heterocycles. The Labute approximate surface area is 84.3 Å². The molecule has 0 amide bonds. The molecule has 4 heteroatoms. The van der Waals surface area contributed by atoms with Crippen molar-refractivity contribution in [3.05, 3.63) is 17.5 Å². The summed E-state index contributed by atoms with van der Waals surface area (Å²) in [7, 11) is 0. The van der Waals surface area contributed by atoms with Gasteiger partial charge in [0.05, 0.1) is 18.9 Å². The third kappa shape index (κ3) is 2.56. The van der Waals surface area contributed by atoms with Gasteiger partial charge < -0.3 is 4.74 Å². The molecule has 14 heavy (non-hydrogen) atoms. The van der Waals surface area contributed by atoms with Crippen molar-refractivity contribution in [2.24, 2.45) is 0 Å². The lowest BCUT2D eigenvalue weighted by molar-refractivity contribution is 0.0383. The highest BCUT2D eigenvalue weighted by molar-refractivity contribution is 5.06. The van der Waals surface area contributed by atoms with E-state index in [0.29, 0.717) is 0 Å². The average molecular weight is 195 g/mol. The summed E-state index contributed by atoms with van der Waals surface area (Å²) >= 11 is 0. The van der Waals surface area contributed by atoms with Crippen molar-refractivity contribution in [1.29, 1.82) is 0 Å². The van der Waals surface area contributed by atoms with E-state index in [-0.39, 0.29) is 0 Å². The van der Waals surface area contributed by atoms with Gasteiger partial charge in [0.15, 0.2) is 0 Å². The Morgan fingerprint density at radius 3 is 2.93 bits per heavy atom. The first kappa shape index (κ1) is 9.68. The molecule has 1 aromatic rings. The van der Waals surface area contributed by atoms with E-state index in [1.54, 1.807) is 0 Å². The molecule has 0 atom stereocenters. The quantitative estimate of drug-likeness (QED) is 0.767. The second-order valence-electron chi connectivity index (χ2n) is 3.75. The summed E-state index contributed by atoms with van der Waals surface area (Å²) in [4.78, 5) is 2.42. The van der Waals surface area contributed by atoms with Gasteiger partial charge in [-0.2, -0.15) is 5.10 Å². The Balaban J connectivity index is 1.76. The van der Waals surface area contributed by atoms with Gasteiger partial charge in [-0.05, 0) is 13.0 Å². The predicted octanol–water partition coefficient (Wildman–Crippen LogP) is 0.593. The van der Waals surface area contributed by atoms with Crippen LogP contribution in [-0.2, 0) is 11.2 Å². The number of rotatable bonds is 3. The second-order valence-corrected chi connectivity index (χ2v) is 3.75. The highest BCUT2D eigenvalue weighted by atomic mass is 16.5. The summed E-state index contributed by atoms with van der Waals surface area (Å²) in [6.45, 7) is 6.99. The first-order chi connectivity index (χ1) is 6.84. The van der Waals surface area contributed by atoms with Crippen LogP contribution in [0.2, 0.25) is 0 Å². The van der Waals surface area contributed by atoms with Crippen molar-refractivity contribution in [2.45, 2.75) is 13.3 Å². The molecule has 2 heterocycles. The van der Waals surface area contributed by atoms with Gasteiger partial charge in [0.1, 0.15) is 0 Å². The number of ether oxygens (including phenoxy) is 1. The smallest absolute Gasteiger partial charge is 0.0637 e. The van der Waals surface area contributed by atoms with E-state index in [2.05, 4.69) is 21.2 Å². The fraction of sp³-hybridized carbons (Fsp3) is 0.700. The van der Waals surface area contributed by atoms with Gasteiger partial charge in [0.25, 0.3) is 0 Å². The van der Waals surface area contributed by atoms with Crippen molar-refractivity contribution < 1.29 is 4.74 Å². The minimum absolute atomic E-state index is 0.875. The number of aryl methyl sites for hydroxylation is 1. The molecular weight excluding hydrogens is 178 g/mol. The molecule has 1 aliphatic rings. The largest absolute Gasteiger partial charge is 0.379 e. The number of nitrogens with zero attached hydrogens (tertiary/aromatic N) is 2. The number of H-pyrrole nitrogens is 1. The summed E-state index contributed by atoms with van der Waals surface area (Å²) in [5, 5.41) is 7.18. The van der Waals surface area contributed by atoms with Crippen molar-refractivity contribution in [1.82, 2.24) is 15.1 Å². The molecule has 1 aromatic heterocycles. The molecule has 0 bridgehead atoms. The van der Waals surface area contributed by atoms with Crippen LogP contribution in [0.4, 0.5) is 0 Å². The molecule has 1 aliphatic heterocycles. The molecule has 4 nitrogen and oxygen atoms in total. The van der Waals surface area contributed by atoms with Crippen LogP contribution in [0.1, 0.15) is 11.4 Å². The average Bonchev–Trinajstić information content (AvgIpc) is 2.63. The minimum atomic E-state index is 0.875. The highest BCUT2D eigenvalue weighted by Crippen LogP contribution is 2.02. The summed E-state index contributed by atoms with van der Waals surface area (Å²) in [5.41, 5.74) is 2.30. The fourth-order valence-electron chi connectivity index (χ4n) is 1.70. The van der Waals surface area contributed by atoms with Crippen LogP contribution in [0.15, 0.2) is 6.07 Å². The van der Waals surface area contributed by atoms with Gasteiger partial charge in [0, 0.05) is 31.7 Å². The Hall–Kier alpha value is -0.870. The molecule has 1 N–H and O–H groups in total. The van der Waals surface area contributed by atoms with Crippen LogP contribution in [0.25, 0.3) is 0 Å². The molecule has 0 aliphatic carbocycles. The molecule has 78 valence electrons. The number of aromatic nitrogens is 2. The van der Waals surface area contributed by atoms with Gasteiger partial charge in [-0.3, -0.25) is 10.00 Å². The zero-order valence-corrected chi connectivity index (χ0v) is 8.62. The molecule has 0 saturated carbocycles. The van der Waals surface area contributed by atoms with Gasteiger partial charge >= 0.3 is 0 Å². The van der Waals surface area contributed by atoms with Gasteiger partial charge in [-0.1, -0.05) is 0 Å². The van der Waals surface area contributed by atoms with Crippen LogP contribution in [0.5, 0.6) is 0 Å². The van der Waals surface area contributed by atoms with Crippen molar-refractivity contribution in [2.75, 3.05) is 32.8 Å². The first-order valence-corrected chi connectivity index (χ1v) is 5.15. The predicted molar refractivity (Wildman–Crippen MR) is 54.3 cm³/mol. The molecule has 0 radical (unpaired) electrons. The summed E-state index contributed by atoms with van der Waals surface area (Å²) < 4.78 is 5.29. The first-order valence-electron chi connectivity index (χ1n) is 5.15. The highest BCUT2D eigenvalue weighted by Gasteiger charge is 2.10. The van der Waals surface area contributed by atoms with E-state index < -0.39 is 0 Å². The Morgan fingerprint density at radius 2 is 2.29 bits per heavy atom. The maximum absolute atomic E-state index is 5.29. The Morgan fingerprint density at radius 1 is 1.50 bits per heavy atom. The zero-order valence-electron chi connectivity index (χ0n) is 8.62. The van der Waals surface area contributed by atoms with Crippen LogP contribution in [0.3, 0.4) is 0 Å². The number of nitrogens with one attached hydrogen (secondary N) is 1. The lowest BCUT2D eigenvalue weighted by Crippen LogP contribution is -2.37.